The first-order chi connectivity index (χ1) is 4.52. The number of hydrogen-bond acceptors (Lipinski definition) is 2. The average molecular weight is 258 g/mol. The molecule has 0 aliphatic heterocycles. The molecule has 64 valence electrons. The van der Waals surface area contributed by atoms with Gasteiger partial charge in [-0.3, -0.25) is 0 Å². The summed E-state index contributed by atoms with van der Waals surface area (Å²) in [7, 11) is 3.78. The minimum atomic E-state index is 0.0822. The van der Waals surface area contributed by atoms with E-state index in [1.807, 2.05) is 7.05 Å². The Morgan fingerprint density at radius 2 is 2.00 bits per heavy atom. The van der Waals surface area contributed by atoms with Crippen LogP contribution in [0.4, 0.5) is 0 Å². The summed E-state index contributed by atoms with van der Waals surface area (Å²) >= 11 is 0.0822. The van der Waals surface area contributed by atoms with Crippen molar-refractivity contribution in [2.75, 3.05) is 14.2 Å². The molecule has 2 nitrogen and oxygen atoms in total. The van der Waals surface area contributed by atoms with Crippen LogP contribution in [0, 0.1) is 0 Å². The molecule has 3 heteroatoms. The van der Waals surface area contributed by atoms with Crippen LogP contribution >= 0.6 is 0 Å². The quantitative estimate of drug-likeness (QED) is 0.358. The van der Waals surface area contributed by atoms with Crippen LogP contribution in [0.3, 0.4) is 0 Å². The number of nitrogens with one attached hydrogen (secondary N) is 1. The zero-order chi connectivity index (χ0) is 8.20. The van der Waals surface area contributed by atoms with E-state index in [9.17, 15) is 0 Å². The van der Waals surface area contributed by atoms with Gasteiger partial charge < -0.3 is 0 Å². The van der Waals surface area contributed by atoms with Crippen LogP contribution in [-0.4, -0.2) is 21.8 Å². The van der Waals surface area contributed by atoms with Crippen molar-refractivity contribution in [2.45, 2.75) is 28.4 Å². The van der Waals surface area contributed by atoms with E-state index in [0.29, 0.717) is 7.66 Å². The molecule has 1 N–H and O–H groups in total. The van der Waals surface area contributed by atoms with E-state index in [1.54, 1.807) is 7.11 Å². The molecule has 0 aliphatic carbocycles. The molecular weight excluding hydrogens is 241 g/mol. The molecule has 0 spiro atoms. The summed E-state index contributed by atoms with van der Waals surface area (Å²) < 4.78 is 5.94. The topological polar surface area (TPSA) is 21.3 Å². The van der Waals surface area contributed by atoms with Crippen molar-refractivity contribution in [3.63, 3.8) is 0 Å². The van der Waals surface area contributed by atoms with E-state index in [4.69, 9.17) is 4.74 Å². The maximum absolute atomic E-state index is 5.20. The standard InChI is InChI=1S/C7H17INO/c1-6(10-5)8-7(2,3)9-4/h6,9H,1-5H3/q-1/t6-/m1/s1. The average Bonchev–Trinajstić information content (AvgIpc) is 1.87. The Morgan fingerprint density at radius 3 is 2.30 bits per heavy atom. The van der Waals surface area contributed by atoms with Crippen LogP contribution in [-0.2, 0) is 4.74 Å². The third-order valence-corrected chi connectivity index (χ3v) is 4.83. The SMILES string of the molecule is CNC(C)(C)[I-][C@@H](C)OC. The van der Waals surface area contributed by atoms with Crippen LogP contribution in [0.1, 0.15) is 20.8 Å². The van der Waals surface area contributed by atoms with Gasteiger partial charge in [0.1, 0.15) is 0 Å². The summed E-state index contributed by atoms with van der Waals surface area (Å²) in [5.41, 5.74) is 0. The molecule has 0 fully saturated rings. The molecule has 0 aromatic carbocycles. The van der Waals surface area contributed by atoms with E-state index < -0.39 is 0 Å². The number of rotatable bonds is 4. The maximum atomic E-state index is 5.20. The van der Waals surface area contributed by atoms with Gasteiger partial charge in [-0.25, -0.2) is 0 Å². The van der Waals surface area contributed by atoms with Gasteiger partial charge in [0, 0.05) is 0 Å². The Kier molecular flexibility index (Phi) is 4.81. The monoisotopic (exact) mass is 258 g/mol. The van der Waals surface area contributed by atoms with Crippen molar-refractivity contribution in [2.24, 2.45) is 0 Å². The molecule has 0 aliphatic rings. The van der Waals surface area contributed by atoms with Crippen LogP contribution in [0.5, 0.6) is 0 Å². The van der Waals surface area contributed by atoms with Gasteiger partial charge in [0.25, 0.3) is 0 Å². The fourth-order valence-electron chi connectivity index (χ4n) is 0.483. The van der Waals surface area contributed by atoms with Crippen molar-refractivity contribution < 1.29 is 25.9 Å². The summed E-state index contributed by atoms with van der Waals surface area (Å²) in [5.74, 6) is 0. The predicted octanol–water partition coefficient (Wildman–Crippen LogP) is -1.98. The predicted molar refractivity (Wildman–Crippen MR) is 39.6 cm³/mol. The van der Waals surface area contributed by atoms with Crippen molar-refractivity contribution in [3.8, 4) is 0 Å². The van der Waals surface area contributed by atoms with Crippen molar-refractivity contribution in [1.29, 1.82) is 0 Å². The van der Waals surface area contributed by atoms with E-state index in [0.717, 1.165) is 0 Å². The molecule has 0 radical (unpaired) electrons. The van der Waals surface area contributed by atoms with Crippen LogP contribution in [0.25, 0.3) is 0 Å². The third-order valence-electron chi connectivity index (χ3n) is 1.35. The van der Waals surface area contributed by atoms with Gasteiger partial charge in [-0.1, -0.05) is 0 Å². The molecule has 0 unspecified atom stereocenters. The Morgan fingerprint density at radius 1 is 1.50 bits per heavy atom. The van der Waals surface area contributed by atoms with Crippen LogP contribution in [0.15, 0.2) is 0 Å². The number of ether oxygens (including phenoxy) is 1. The normalized spacial score (nSPS) is 15.7. The van der Waals surface area contributed by atoms with Gasteiger partial charge in [-0.2, -0.15) is 0 Å². The molecule has 0 amide bonds. The molecule has 0 saturated carbocycles. The summed E-state index contributed by atoms with van der Waals surface area (Å²) in [4.78, 5) is 0. The number of halogens is 1. The molecule has 0 aromatic rings. The molecule has 10 heavy (non-hydrogen) atoms. The molecule has 1 atom stereocenters. The summed E-state index contributed by atoms with van der Waals surface area (Å²) in [6, 6.07) is 0. The second-order valence-corrected chi connectivity index (χ2v) is 7.68. The van der Waals surface area contributed by atoms with Crippen molar-refractivity contribution >= 4 is 0 Å². The Bertz CT molecular complexity index is 95.6. The van der Waals surface area contributed by atoms with Gasteiger partial charge in [-0.15, -0.1) is 0 Å². The number of methoxy groups -OCH3 is 1. The fraction of sp³-hybridized carbons (Fsp3) is 1.00. The van der Waals surface area contributed by atoms with E-state index >= 15 is 0 Å². The fourth-order valence-corrected chi connectivity index (χ4v) is 3.24. The van der Waals surface area contributed by atoms with Crippen molar-refractivity contribution in [1.82, 2.24) is 5.32 Å². The molecule has 0 bridgehead atoms. The third kappa shape index (κ3) is 4.46. The molecule has 0 aromatic heterocycles. The van der Waals surface area contributed by atoms with E-state index in [2.05, 4.69) is 26.1 Å². The second-order valence-electron chi connectivity index (χ2n) is 2.61. The molecule has 0 rings (SSSR count). The second kappa shape index (κ2) is 4.51. The van der Waals surface area contributed by atoms with Crippen molar-refractivity contribution in [3.05, 3.63) is 0 Å². The number of alkyl halides is 2. The Labute approximate surface area is 74.0 Å². The summed E-state index contributed by atoms with van der Waals surface area (Å²) in [6.45, 7) is 6.57. The summed E-state index contributed by atoms with van der Waals surface area (Å²) in [6.07, 6.45) is 0. The first kappa shape index (κ1) is 10.7. The van der Waals surface area contributed by atoms with Crippen LogP contribution in [0.2, 0.25) is 0 Å². The zero-order valence-electron chi connectivity index (χ0n) is 7.36. The van der Waals surface area contributed by atoms with Gasteiger partial charge >= 0.3 is 73.8 Å². The Hall–Kier alpha value is 0.650. The van der Waals surface area contributed by atoms with Gasteiger partial charge in [0.05, 0.1) is 0 Å². The molecular formula is C7H17INO-. The molecule has 0 heterocycles. The van der Waals surface area contributed by atoms with Gasteiger partial charge in [-0.05, 0) is 0 Å². The van der Waals surface area contributed by atoms with E-state index in [1.165, 1.54) is 0 Å². The molecule has 0 saturated heterocycles. The Balaban J connectivity index is 3.64. The van der Waals surface area contributed by atoms with Gasteiger partial charge in [0.2, 0.25) is 0 Å². The zero-order valence-corrected chi connectivity index (χ0v) is 9.52. The van der Waals surface area contributed by atoms with E-state index in [-0.39, 0.29) is 21.2 Å². The van der Waals surface area contributed by atoms with Crippen LogP contribution < -0.4 is 26.5 Å². The van der Waals surface area contributed by atoms with Gasteiger partial charge in [0.15, 0.2) is 0 Å². The minimum absolute atomic E-state index is 0.0822. The number of hydrogen-bond donors (Lipinski definition) is 1. The summed E-state index contributed by atoms with van der Waals surface area (Å²) in [5, 5.41) is 3.28. The first-order valence-corrected chi connectivity index (χ1v) is 5.70. The first-order valence-electron chi connectivity index (χ1n) is 3.38.